The normalized spacial score (nSPS) is 34.3. The smallest absolute Gasteiger partial charge is 0.00952 e. The second kappa shape index (κ2) is 6.30. The van der Waals surface area contributed by atoms with E-state index < -0.39 is 0 Å². The number of hydrogen-bond donors (Lipinski definition) is 1. The number of nitrogens with one attached hydrogen (secondary N) is 1. The summed E-state index contributed by atoms with van der Waals surface area (Å²) in [5, 5.41) is 3.96. The minimum Gasteiger partial charge on any atom is -0.311 e. The van der Waals surface area contributed by atoms with Gasteiger partial charge in [0.1, 0.15) is 0 Å². The van der Waals surface area contributed by atoms with E-state index in [0.717, 1.165) is 23.9 Å². The van der Waals surface area contributed by atoms with E-state index >= 15 is 0 Å². The van der Waals surface area contributed by atoms with Gasteiger partial charge >= 0.3 is 0 Å². The monoisotopic (exact) mass is 271 g/mol. The molecule has 20 heavy (non-hydrogen) atoms. The molecule has 1 aromatic rings. The van der Waals surface area contributed by atoms with Gasteiger partial charge in [0.2, 0.25) is 0 Å². The van der Waals surface area contributed by atoms with Crippen LogP contribution in [0.4, 0.5) is 0 Å². The molecule has 1 nitrogen and oxygen atoms in total. The Kier molecular flexibility index (Phi) is 4.45. The van der Waals surface area contributed by atoms with E-state index in [4.69, 9.17) is 0 Å². The molecule has 2 aliphatic carbocycles. The summed E-state index contributed by atoms with van der Waals surface area (Å²) in [5.41, 5.74) is 3.05. The van der Waals surface area contributed by atoms with Crippen molar-refractivity contribution < 1.29 is 0 Å². The van der Waals surface area contributed by atoms with Crippen LogP contribution in [0, 0.1) is 12.8 Å². The van der Waals surface area contributed by atoms with Gasteiger partial charge in [-0.3, -0.25) is 0 Å². The van der Waals surface area contributed by atoms with E-state index in [2.05, 4.69) is 43.4 Å². The molecule has 0 heterocycles. The Morgan fingerprint density at radius 1 is 1.00 bits per heavy atom. The van der Waals surface area contributed by atoms with Crippen molar-refractivity contribution in [1.82, 2.24) is 5.32 Å². The minimum absolute atomic E-state index is 0.769. The lowest BCUT2D eigenvalue weighted by Gasteiger charge is -2.40. The zero-order valence-electron chi connectivity index (χ0n) is 13.1. The molecule has 0 aromatic heterocycles. The molecule has 110 valence electrons. The molecule has 3 rings (SSSR count). The fourth-order valence-corrected chi connectivity index (χ4v) is 4.10. The molecule has 0 aliphatic heterocycles. The van der Waals surface area contributed by atoms with Crippen LogP contribution in [0.3, 0.4) is 0 Å². The third kappa shape index (κ3) is 3.09. The molecule has 1 aromatic carbocycles. The molecule has 2 atom stereocenters. The molecule has 2 aliphatic rings. The van der Waals surface area contributed by atoms with Gasteiger partial charge in [-0.1, -0.05) is 50.5 Å². The second-order valence-electron chi connectivity index (χ2n) is 7.11. The molecule has 0 radical (unpaired) electrons. The molecule has 2 saturated carbocycles. The third-order valence-electron chi connectivity index (χ3n) is 5.58. The summed E-state index contributed by atoms with van der Waals surface area (Å²) in [6.07, 6.45) is 9.81. The zero-order valence-corrected chi connectivity index (χ0v) is 13.1. The Balaban J connectivity index is 1.52. The zero-order chi connectivity index (χ0) is 13.9. The summed E-state index contributed by atoms with van der Waals surface area (Å²) < 4.78 is 0. The Morgan fingerprint density at radius 3 is 2.55 bits per heavy atom. The van der Waals surface area contributed by atoms with Crippen molar-refractivity contribution >= 4 is 0 Å². The summed E-state index contributed by atoms with van der Waals surface area (Å²) in [5.74, 6) is 1.67. The third-order valence-corrected chi connectivity index (χ3v) is 5.58. The Labute approximate surface area is 124 Å². The maximum atomic E-state index is 3.96. The number of benzene rings is 1. The minimum atomic E-state index is 0.769. The SMILES string of the molecule is Cc1ccccc1C1CC(NC2CCCCCC2C)C1. The average molecular weight is 271 g/mol. The first-order valence-electron chi connectivity index (χ1n) is 8.55. The molecular weight excluding hydrogens is 242 g/mol. The quantitative estimate of drug-likeness (QED) is 0.779. The maximum Gasteiger partial charge on any atom is 0.00952 e. The van der Waals surface area contributed by atoms with Crippen molar-refractivity contribution in [2.24, 2.45) is 5.92 Å². The summed E-state index contributed by atoms with van der Waals surface area (Å²) in [6.45, 7) is 4.70. The first-order valence-corrected chi connectivity index (χ1v) is 8.55. The highest BCUT2D eigenvalue weighted by Gasteiger charge is 2.33. The van der Waals surface area contributed by atoms with Gasteiger partial charge in [0, 0.05) is 12.1 Å². The van der Waals surface area contributed by atoms with Crippen LogP contribution < -0.4 is 5.32 Å². The maximum absolute atomic E-state index is 3.96. The molecule has 0 saturated heterocycles. The number of aryl methyl sites for hydroxylation is 1. The predicted octanol–water partition coefficient (Wildman–Crippen LogP) is 4.80. The first-order chi connectivity index (χ1) is 9.74. The topological polar surface area (TPSA) is 12.0 Å². The molecule has 2 unspecified atom stereocenters. The van der Waals surface area contributed by atoms with Gasteiger partial charge in [0.05, 0.1) is 0 Å². The average Bonchev–Trinajstić information content (AvgIpc) is 2.60. The van der Waals surface area contributed by atoms with Gasteiger partial charge < -0.3 is 5.32 Å². The Hall–Kier alpha value is -0.820. The van der Waals surface area contributed by atoms with Crippen LogP contribution in [0.15, 0.2) is 24.3 Å². The van der Waals surface area contributed by atoms with Crippen molar-refractivity contribution in [1.29, 1.82) is 0 Å². The summed E-state index contributed by atoms with van der Waals surface area (Å²) in [4.78, 5) is 0. The van der Waals surface area contributed by atoms with Crippen LogP contribution >= 0.6 is 0 Å². The second-order valence-corrected chi connectivity index (χ2v) is 7.11. The Morgan fingerprint density at radius 2 is 1.75 bits per heavy atom. The molecule has 0 spiro atoms. The summed E-state index contributed by atoms with van der Waals surface area (Å²) >= 11 is 0. The van der Waals surface area contributed by atoms with Crippen LogP contribution in [-0.2, 0) is 0 Å². The lowest BCUT2D eigenvalue weighted by atomic mass is 9.74. The molecular formula is C19H29N. The van der Waals surface area contributed by atoms with E-state index in [-0.39, 0.29) is 0 Å². The van der Waals surface area contributed by atoms with Crippen LogP contribution in [-0.4, -0.2) is 12.1 Å². The van der Waals surface area contributed by atoms with E-state index in [0.29, 0.717) is 0 Å². The highest BCUT2D eigenvalue weighted by molar-refractivity contribution is 5.31. The van der Waals surface area contributed by atoms with Crippen LogP contribution in [0.25, 0.3) is 0 Å². The molecule has 0 amide bonds. The van der Waals surface area contributed by atoms with Crippen LogP contribution in [0.5, 0.6) is 0 Å². The summed E-state index contributed by atoms with van der Waals surface area (Å²) in [6, 6.07) is 10.5. The van der Waals surface area contributed by atoms with Crippen molar-refractivity contribution in [3.63, 3.8) is 0 Å². The lowest BCUT2D eigenvalue weighted by Crippen LogP contribution is -2.47. The van der Waals surface area contributed by atoms with E-state index in [1.165, 1.54) is 50.5 Å². The van der Waals surface area contributed by atoms with Crippen molar-refractivity contribution in [2.75, 3.05) is 0 Å². The fourth-order valence-electron chi connectivity index (χ4n) is 4.10. The van der Waals surface area contributed by atoms with Crippen molar-refractivity contribution in [3.8, 4) is 0 Å². The highest BCUT2D eigenvalue weighted by Crippen LogP contribution is 2.39. The summed E-state index contributed by atoms with van der Waals surface area (Å²) in [7, 11) is 0. The number of hydrogen-bond acceptors (Lipinski definition) is 1. The standard InChI is InChI=1S/C19H29N/c1-14-8-6-7-10-18(14)16-12-17(13-16)20-19-11-5-3-4-9-15(19)2/h6-8,10,15-17,19-20H,3-5,9,11-13H2,1-2H3. The van der Waals surface area contributed by atoms with Gasteiger partial charge in [-0.2, -0.15) is 0 Å². The van der Waals surface area contributed by atoms with Crippen LogP contribution in [0.1, 0.15) is 68.9 Å². The Bertz CT molecular complexity index is 433. The van der Waals surface area contributed by atoms with Crippen molar-refractivity contribution in [2.45, 2.75) is 76.8 Å². The largest absolute Gasteiger partial charge is 0.311 e. The van der Waals surface area contributed by atoms with E-state index in [9.17, 15) is 0 Å². The van der Waals surface area contributed by atoms with Gasteiger partial charge in [-0.05, 0) is 55.6 Å². The predicted molar refractivity (Wildman–Crippen MR) is 86.1 cm³/mol. The van der Waals surface area contributed by atoms with E-state index in [1.54, 1.807) is 5.56 Å². The highest BCUT2D eigenvalue weighted by atomic mass is 15.0. The molecule has 0 bridgehead atoms. The van der Waals surface area contributed by atoms with Gasteiger partial charge in [0.25, 0.3) is 0 Å². The van der Waals surface area contributed by atoms with Gasteiger partial charge in [-0.25, -0.2) is 0 Å². The van der Waals surface area contributed by atoms with E-state index in [1.807, 2.05) is 0 Å². The molecule has 1 heteroatoms. The van der Waals surface area contributed by atoms with Crippen molar-refractivity contribution in [3.05, 3.63) is 35.4 Å². The fraction of sp³-hybridized carbons (Fsp3) is 0.684. The molecule has 2 fully saturated rings. The molecule has 1 N–H and O–H groups in total. The first kappa shape index (κ1) is 14.1. The van der Waals surface area contributed by atoms with Crippen LogP contribution in [0.2, 0.25) is 0 Å². The van der Waals surface area contributed by atoms with Gasteiger partial charge in [-0.15, -0.1) is 0 Å². The van der Waals surface area contributed by atoms with Gasteiger partial charge in [0.15, 0.2) is 0 Å². The lowest BCUT2D eigenvalue weighted by molar-refractivity contribution is 0.228. The number of rotatable bonds is 3.